The van der Waals surface area contributed by atoms with Crippen molar-refractivity contribution in [3.63, 3.8) is 0 Å². The summed E-state index contributed by atoms with van der Waals surface area (Å²) in [6.07, 6.45) is 5.01. The Morgan fingerprint density at radius 1 is 1.50 bits per heavy atom. The van der Waals surface area contributed by atoms with Crippen LogP contribution in [0.1, 0.15) is 26.2 Å². The van der Waals surface area contributed by atoms with E-state index in [0.717, 1.165) is 6.54 Å². The highest BCUT2D eigenvalue weighted by molar-refractivity contribution is 7.89. The summed E-state index contributed by atoms with van der Waals surface area (Å²) in [6.45, 7) is 4.31. The Labute approximate surface area is 125 Å². The van der Waals surface area contributed by atoms with Gasteiger partial charge in [-0.05, 0) is 26.3 Å². The van der Waals surface area contributed by atoms with Gasteiger partial charge < -0.3 is 4.57 Å². The topological polar surface area (TPSA) is 67.2 Å². The second kappa shape index (κ2) is 6.43. The monoisotopic (exact) mass is 320 g/mol. The van der Waals surface area contributed by atoms with Gasteiger partial charge in [0.25, 0.3) is 10.0 Å². The lowest BCUT2D eigenvalue weighted by molar-refractivity contribution is 0.164. The summed E-state index contributed by atoms with van der Waals surface area (Å²) in [6, 6.07) is 0.520. The maximum Gasteiger partial charge on any atom is 0.261 e. The molecule has 1 N–H and O–H groups in total. The minimum atomic E-state index is -3.63. The Kier molecular flexibility index (Phi) is 5.06. The van der Waals surface area contributed by atoms with E-state index in [-0.39, 0.29) is 10.2 Å². The first-order valence-corrected chi connectivity index (χ1v) is 8.68. The van der Waals surface area contributed by atoms with Crippen LogP contribution in [0.15, 0.2) is 11.4 Å². The molecule has 2 rings (SSSR count). The molecule has 6 nitrogen and oxygen atoms in total. The molecule has 0 unspecified atom stereocenters. The third-order valence-corrected chi connectivity index (χ3v) is 5.67. The number of sulfonamides is 1. The molecular weight excluding hydrogens is 300 g/mol. The predicted octanol–water partition coefficient (Wildman–Crippen LogP) is 1.23. The number of likely N-dealkylation sites (tertiary alicyclic amines) is 1. The van der Waals surface area contributed by atoms with Crippen molar-refractivity contribution in [3.8, 4) is 0 Å². The summed E-state index contributed by atoms with van der Waals surface area (Å²) >= 11 is 5.91. The van der Waals surface area contributed by atoms with Gasteiger partial charge in [0, 0.05) is 26.2 Å². The Bertz CT molecular complexity index is 558. The van der Waals surface area contributed by atoms with E-state index in [9.17, 15) is 8.42 Å². The van der Waals surface area contributed by atoms with Gasteiger partial charge in [-0.3, -0.25) is 4.90 Å². The Morgan fingerprint density at radius 2 is 2.25 bits per heavy atom. The van der Waals surface area contributed by atoms with Gasteiger partial charge in [0.05, 0.1) is 6.33 Å². The fourth-order valence-electron chi connectivity index (χ4n) is 2.46. The average molecular weight is 321 g/mol. The number of hydrogen-bond acceptors (Lipinski definition) is 4. The van der Waals surface area contributed by atoms with Crippen LogP contribution in [-0.2, 0) is 17.1 Å². The van der Waals surface area contributed by atoms with E-state index in [1.54, 1.807) is 7.05 Å². The number of hydrogen-bond donors (Lipinski definition) is 1. The first-order valence-electron chi connectivity index (χ1n) is 6.82. The molecule has 114 valence electrons. The van der Waals surface area contributed by atoms with Crippen LogP contribution < -0.4 is 4.72 Å². The van der Waals surface area contributed by atoms with Crippen LogP contribution >= 0.6 is 11.6 Å². The van der Waals surface area contributed by atoms with Crippen molar-refractivity contribution in [2.24, 2.45) is 7.05 Å². The van der Waals surface area contributed by atoms with Gasteiger partial charge in [0.2, 0.25) is 5.03 Å². The van der Waals surface area contributed by atoms with E-state index in [0.29, 0.717) is 19.1 Å². The second-order valence-electron chi connectivity index (χ2n) is 5.23. The first-order chi connectivity index (χ1) is 9.42. The van der Waals surface area contributed by atoms with Crippen LogP contribution in [0, 0.1) is 0 Å². The smallest absolute Gasteiger partial charge is 0.261 e. The molecule has 1 aliphatic rings. The number of nitrogens with zero attached hydrogens (tertiary/aromatic N) is 3. The van der Waals surface area contributed by atoms with Crippen molar-refractivity contribution in [3.05, 3.63) is 11.5 Å². The van der Waals surface area contributed by atoms with E-state index in [1.165, 1.54) is 30.2 Å². The number of piperidine rings is 1. The minimum absolute atomic E-state index is 0.103. The number of rotatable bonds is 5. The number of aromatic nitrogens is 2. The fraction of sp³-hybridized carbons (Fsp3) is 0.750. The molecule has 1 atom stereocenters. The Morgan fingerprint density at radius 3 is 2.85 bits per heavy atom. The lowest BCUT2D eigenvalue weighted by Gasteiger charge is -2.33. The summed E-state index contributed by atoms with van der Waals surface area (Å²) in [5, 5.41) is 0.0252. The highest BCUT2D eigenvalue weighted by atomic mass is 35.5. The Balaban J connectivity index is 1.91. The van der Waals surface area contributed by atoms with Gasteiger partial charge in [0.15, 0.2) is 0 Å². The van der Waals surface area contributed by atoms with Crippen LogP contribution in [0.5, 0.6) is 0 Å². The molecule has 0 aliphatic carbocycles. The lowest BCUT2D eigenvalue weighted by atomic mass is 10.0. The minimum Gasteiger partial charge on any atom is -0.324 e. The normalized spacial score (nSPS) is 21.2. The molecule has 1 aliphatic heterocycles. The standard InChI is InChI=1S/C12H21ClN4O2S/c1-10-5-3-4-7-17(10)8-6-15-20(18,19)12-11(13)16(2)9-14-12/h9-10,15H,3-8H2,1-2H3/t10-/m0/s1. The molecule has 20 heavy (non-hydrogen) atoms. The van der Waals surface area contributed by atoms with E-state index in [1.807, 2.05) is 0 Å². The average Bonchev–Trinajstić information content (AvgIpc) is 2.73. The van der Waals surface area contributed by atoms with E-state index < -0.39 is 10.0 Å². The summed E-state index contributed by atoms with van der Waals surface area (Å²) < 4.78 is 28.2. The second-order valence-corrected chi connectivity index (χ2v) is 7.27. The molecular formula is C12H21ClN4O2S. The number of nitrogens with one attached hydrogen (secondary N) is 1. The van der Waals surface area contributed by atoms with Crippen molar-refractivity contribution < 1.29 is 8.42 Å². The maximum absolute atomic E-state index is 12.1. The molecule has 0 saturated carbocycles. The van der Waals surface area contributed by atoms with Gasteiger partial charge in [0.1, 0.15) is 5.15 Å². The van der Waals surface area contributed by atoms with Crippen molar-refractivity contribution in [2.45, 2.75) is 37.3 Å². The summed E-state index contributed by atoms with van der Waals surface area (Å²) in [5.74, 6) is 0. The molecule has 1 aromatic rings. The van der Waals surface area contributed by atoms with Crippen LogP contribution in [0.3, 0.4) is 0 Å². The van der Waals surface area contributed by atoms with Crippen molar-refractivity contribution in [1.82, 2.24) is 19.2 Å². The SMILES string of the molecule is C[C@H]1CCCCN1CCNS(=O)(=O)c1ncn(C)c1Cl. The van der Waals surface area contributed by atoms with E-state index in [4.69, 9.17) is 11.6 Å². The quantitative estimate of drug-likeness (QED) is 0.886. The zero-order chi connectivity index (χ0) is 14.8. The Hall–Kier alpha value is -0.630. The molecule has 0 spiro atoms. The van der Waals surface area contributed by atoms with Crippen molar-refractivity contribution in [2.75, 3.05) is 19.6 Å². The molecule has 0 aromatic carbocycles. The molecule has 0 radical (unpaired) electrons. The number of imidazole rings is 1. The van der Waals surface area contributed by atoms with Gasteiger partial charge in [-0.15, -0.1) is 0 Å². The van der Waals surface area contributed by atoms with Crippen molar-refractivity contribution >= 4 is 21.6 Å². The number of halogens is 1. The third-order valence-electron chi connectivity index (χ3n) is 3.72. The maximum atomic E-state index is 12.1. The van der Waals surface area contributed by atoms with Gasteiger partial charge in [-0.2, -0.15) is 0 Å². The lowest BCUT2D eigenvalue weighted by Crippen LogP contribution is -2.42. The molecule has 0 amide bonds. The van der Waals surface area contributed by atoms with Gasteiger partial charge in [-0.25, -0.2) is 18.1 Å². The molecule has 0 bridgehead atoms. The predicted molar refractivity (Wildman–Crippen MR) is 78.3 cm³/mol. The highest BCUT2D eigenvalue weighted by Gasteiger charge is 2.23. The van der Waals surface area contributed by atoms with E-state index in [2.05, 4.69) is 21.5 Å². The van der Waals surface area contributed by atoms with Gasteiger partial charge in [-0.1, -0.05) is 18.0 Å². The van der Waals surface area contributed by atoms with Crippen LogP contribution in [0.25, 0.3) is 0 Å². The van der Waals surface area contributed by atoms with Crippen LogP contribution in [0.2, 0.25) is 5.15 Å². The molecule has 8 heteroatoms. The van der Waals surface area contributed by atoms with Crippen LogP contribution in [-0.4, -0.2) is 48.5 Å². The van der Waals surface area contributed by atoms with Crippen LogP contribution in [0.4, 0.5) is 0 Å². The zero-order valence-electron chi connectivity index (χ0n) is 11.8. The van der Waals surface area contributed by atoms with Gasteiger partial charge >= 0.3 is 0 Å². The summed E-state index contributed by atoms with van der Waals surface area (Å²) in [5.41, 5.74) is 0. The largest absolute Gasteiger partial charge is 0.324 e. The molecule has 1 saturated heterocycles. The summed E-state index contributed by atoms with van der Waals surface area (Å²) in [4.78, 5) is 6.15. The molecule has 1 fully saturated rings. The highest BCUT2D eigenvalue weighted by Crippen LogP contribution is 2.18. The number of aryl methyl sites for hydroxylation is 1. The fourth-order valence-corrected chi connectivity index (χ4v) is 3.90. The molecule has 2 heterocycles. The zero-order valence-corrected chi connectivity index (χ0v) is 13.4. The van der Waals surface area contributed by atoms with E-state index >= 15 is 0 Å². The first kappa shape index (κ1) is 15.8. The third kappa shape index (κ3) is 3.52. The summed E-state index contributed by atoms with van der Waals surface area (Å²) in [7, 11) is -1.97. The van der Waals surface area contributed by atoms with Crippen molar-refractivity contribution in [1.29, 1.82) is 0 Å². The molecule has 1 aromatic heterocycles.